The van der Waals surface area contributed by atoms with Crippen molar-refractivity contribution in [2.45, 2.75) is 25.4 Å². The Morgan fingerprint density at radius 2 is 1.95 bits per heavy atom. The number of aryl methyl sites for hydroxylation is 2. The Kier molecular flexibility index (Phi) is 2.88. The zero-order valence-corrected chi connectivity index (χ0v) is 11.3. The molecule has 0 amide bonds. The quantitative estimate of drug-likeness (QED) is 0.836. The molecular formula is C16H14ClFO. The third kappa shape index (κ3) is 1.96. The zero-order valence-electron chi connectivity index (χ0n) is 10.6. The Bertz CT molecular complexity index is 653. The summed E-state index contributed by atoms with van der Waals surface area (Å²) in [4.78, 5) is 0. The van der Waals surface area contributed by atoms with Crippen LogP contribution < -0.4 is 0 Å². The monoisotopic (exact) mass is 276 g/mol. The van der Waals surface area contributed by atoms with Gasteiger partial charge in [0.2, 0.25) is 0 Å². The molecule has 0 radical (unpaired) electrons. The maximum Gasteiger partial charge on any atom is 0.123 e. The predicted molar refractivity (Wildman–Crippen MR) is 73.9 cm³/mol. The second kappa shape index (κ2) is 4.32. The van der Waals surface area contributed by atoms with Crippen LogP contribution in [-0.2, 0) is 12.0 Å². The molecule has 1 atom stereocenters. The van der Waals surface area contributed by atoms with Crippen LogP contribution in [0.25, 0.3) is 0 Å². The normalized spacial score (nSPS) is 21.5. The van der Waals surface area contributed by atoms with Gasteiger partial charge in [-0.2, -0.15) is 0 Å². The summed E-state index contributed by atoms with van der Waals surface area (Å²) in [6.45, 7) is 1.98. The molecule has 0 saturated heterocycles. The van der Waals surface area contributed by atoms with E-state index in [0.717, 1.165) is 23.1 Å². The maximum atomic E-state index is 13.5. The van der Waals surface area contributed by atoms with Crippen molar-refractivity contribution in [3.05, 3.63) is 69.5 Å². The fourth-order valence-corrected chi connectivity index (χ4v) is 3.11. The molecule has 0 fully saturated rings. The molecule has 98 valence electrons. The minimum atomic E-state index is -1.18. The molecule has 1 aliphatic carbocycles. The van der Waals surface area contributed by atoms with Crippen molar-refractivity contribution in [3.8, 4) is 0 Å². The average molecular weight is 277 g/mol. The first kappa shape index (κ1) is 12.6. The Hall–Kier alpha value is -1.38. The highest BCUT2D eigenvalue weighted by molar-refractivity contribution is 6.31. The fourth-order valence-electron chi connectivity index (χ4n) is 2.84. The molecule has 0 saturated carbocycles. The van der Waals surface area contributed by atoms with Crippen molar-refractivity contribution in [2.75, 3.05) is 0 Å². The summed E-state index contributed by atoms with van der Waals surface area (Å²) in [6, 6.07) is 10.1. The van der Waals surface area contributed by atoms with Gasteiger partial charge in [0.25, 0.3) is 0 Å². The van der Waals surface area contributed by atoms with Gasteiger partial charge in [0.15, 0.2) is 0 Å². The molecule has 19 heavy (non-hydrogen) atoms. The first-order chi connectivity index (χ1) is 9.00. The van der Waals surface area contributed by atoms with Gasteiger partial charge in [0.05, 0.1) is 0 Å². The van der Waals surface area contributed by atoms with Gasteiger partial charge in [-0.15, -0.1) is 0 Å². The highest BCUT2D eigenvalue weighted by Gasteiger charge is 2.39. The van der Waals surface area contributed by atoms with E-state index in [1.807, 2.05) is 25.1 Å². The summed E-state index contributed by atoms with van der Waals surface area (Å²) in [5, 5.41) is 11.4. The second-order valence-corrected chi connectivity index (χ2v) is 5.55. The lowest BCUT2D eigenvalue weighted by molar-refractivity contribution is 0.0826. The second-order valence-electron chi connectivity index (χ2n) is 5.15. The van der Waals surface area contributed by atoms with Gasteiger partial charge in [-0.05, 0) is 49.1 Å². The standard InChI is InChI=1S/C16H14ClFO/c1-10-2-3-11-6-7-16(19,13(11)8-10)14-9-12(18)4-5-15(14)17/h2-5,8-9,19H,6-7H2,1H3. The summed E-state index contributed by atoms with van der Waals surface area (Å²) < 4.78 is 13.5. The van der Waals surface area contributed by atoms with Gasteiger partial charge in [-0.3, -0.25) is 0 Å². The molecule has 0 heterocycles. The maximum absolute atomic E-state index is 13.5. The molecular weight excluding hydrogens is 263 g/mol. The minimum Gasteiger partial charge on any atom is -0.380 e. The van der Waals surface area contributed by atoms with E-state index < -0.39 is 5.60 Å². The van der Waals surface area contributed by atoms with E-state index in [2.05, 4.69) is 0 Å². The van der Waals surface area contributed by atoms with Crippen LogP contribution >= 0.6 is 11.6 Å². The van der Waals surface area contributed by atoms with Gasteiger partial charge >= 0.3 is 0 Å². The van der Waals surface area contributed by atoms with Gasteiger partial charge < -0.3 is 5.11 Å². The summed E-state index contributed by atoms with van der Waals surface area (Å²) in [5.41, 5.74) is 2.30. The van der Waals surface area contributed by atoms with E-state index in [0.29, 0.717) is 17.0 Å². The van der Waals surface area contributed by atoms with Crippen LogP contribution in [0.4, 0.5) is 4.39 Å². The van der Waals surface area contributed by atoms with Crippen LogP contribution in [0.15, 0.2) is 36.4 Å². The molecule has 1 N–H and O–H groups in total. The zero-order chi connectivity index (χ0) is 13.6. The van der Waals surface area contributed by atoms with Crippen molar-refractivity contribution in [3.63, 3.8) is 0 Å². The third-order valence-electron chi connectivity index (χ3n) is 3.84. The van der Waals surface area contributed by atoms with Gasteiger partial charge in [0.1, 0.15) is 11.4 Å². The van der Waals surface area contributed by atoms with Gasteiger partial charge in [-0.1, -0.05) is 35.4 Å². The molecule has 3 rings (SSSR count). The molecule has 2 aromatic rings. The highest BCUT2D eigenvalue weighted by atomic mass is 35.5. The van der Waals surface area contributed by atoms with Crippen LogP contribution in [0.5, 0.6) is 0 Å². The van der Waals surface area contributed by atoms with Crippen molar-refractivity contribution < 1.29 is 9.50 Å². The molecule has 1 nitrogen and oxygen atoms in total. The van der Waals surface area contributed by atoms with Crippen LogP contribution in [-0.4, -0.2) is 5.11 Å². The van der Waals surface area contributed by atoms with Gasteiger partial charge in [-0.25, -0.2) is 4.39 Å². The lowest BCUT2D eigenvalue weighted by Gasteiger charge is -2.26. The van der Waals surface area contributed by atoms with E-state index in [1.54, 1.807) is 0 Å². The molecule has 3 heteroatoms. The van der Waals surface area contributed by atoms with Crippen LogP contribution in [0.3, 0.4) is 0 Å². The van der Waals surface area contributed by atoms with Crippen molar-refractivity contribution in [1.29, 1.82) is 0 Å². The predicted octanol–water partition coefficient (Wildman–Crippen LogP) is 3.97. The molecule has 0 spiro atoms. The number of fused-ring (bicyclic) bond motifs is 1. The number of benzene rings is 2. The highest BCUT2D eigenvalue weighted by Crippen LogP contribution is 2.44. The Morgan fingerprint density at radius 3 is 2.74 bits per heavy atom. The topological polar surface area (TPSA) is 20.2 Å². The molecule has 1 aliphatic rings. The Balaban J connectivity index is 2.21. The third-order valence-corrected chi connectivity index (χ3v) is 4.17. The van der Waals surface area contributed by atoms with Crippen molar-refractivity contribution >= 4 is 11.6 Å². The molecule has 0 aromatic heterocycles. The number of hydrogen-bond acceptors (Lipinski definition) is 1. The molecule has 0 aliphatic heterocycles. The summed E-state index contributed by atoms with van der Waals surface area (Å²) >= 11 is 6.15. The Labute approximate surface area is 116 Å². The van der Waals surface area contributed by atoms with Crippen LogP contribution in [0, 0.1) is 12.7 Å². The number of halogens is 2. The fraction of sp³-hybridized carbons (Fsp3) is 0.250. The number of rotatable bonds is 1. The minimum absolute atomic E-state index is 0.381. The number of aliphatic hydroxyl groups is 1. The van der Waals surface area contributed by atoms with E-state index >= 15 is 0 Å². The van der Waals surface area contributed by atoms with E-state index in [1.165, 1.54) is 18.2 Å². The molecule has 1 unspecified atom stereocenters. The first-order valence-corrected chi connectivity index (χ1v) is 6.66. The summed E-state index contributed by atoms with van der Waals surface area (Å²) in [7, 11) is 0. The Morgan fingerprint density at radius 1 is 1.16 bits per heavy atom. The van der Waals surface area contributed by atoms with Crippen LogP contribution in [0.2, 0.25) is 5.02 Å². The van der Waals surface area contributed by atoms with Gasteiger partial charge in [0, 0.05) is 10.6 Å². The van der Waals surface area contributed by atoms with E-state index in [4.69, 9.17) is 11.6 Å². The van der Waals surface area contributed by atoms with E-state index in [9.17, 15) is 9.50 Å². The number of hydrogen-bond donors (Lipinski definition) is 1. The molecule has 2 aromatic carbocycles. The van der Waals surface area contributed by atoms with Crippen LogP contribution in [0.1, 0.15) is 28.7 Å². The van der Waals surface area contributed by atoms with E-state index in [-0.39, 0.29) is 5.82 Å². The smallest absolute Gasteiger partial charge is 0.123 e. The molecule has 0 bridgehead atoms. The lowest BCUT2D eigenvalue weighted by Crippen LogP contribution is -2.24. The van der Waals surface area contributed by atoms with Crippen molar-refractivity contribution in [2.24, 2.45) is 0 Å². The lowest BCUT2D eigenvalue weighted by atomic mass is 9.87. The first-order valence-electron chi connectivity index (χ1n) is 6.28. The average Bonchev–Trinajstić information content (AvgIpc) is 2.71. The summed E-state index contributed by atoms with van der Waals surface area (Å²) in [6.07, 6.45) is 1.31. The summed E-state index contributed by atoms with van der Waals surface area (Å²) in [5.74, 6) is -0.381. The SMILES string of the molecule is Cc1ccc2c(c1)C(O)(c1cc(F)ccc1Cl)CC2. The van der Waals surface area contributed by atoms with Crippen molar-refractivity contribution in [1.82, 2.24) is 0 Å². The largest absolute Gasteiger partial charge is 0.380 e.